The lowest BCUT2D eigenvalue weighted by Gasteiger charge is -2.33. The summed E-state index contributed by atoms with van der Waals surface area (Å²) < 4.78 is 25.8. The molecule has 1 fully saturated rings. The largest absolute Gasteiger partial charge is 0.348 e. The fourth-order valence-electron chi connectivity index (χ4n) is 4.17. The molecule has 0 saturated heterocycles. The van der Waals surface area contributed by atoms with Crippen molar-refractivity contribution < 1.29 is 13.2 Å². The number of aryl methyl sites for hydroxylation is 1. The van der Waals surface area contributed by atoms with E-state index in [-0.39, 0.29) is 24.5 Å². The molecule has 0 bridgehead atoms. The van der Waals surface area contributed by atoms with Crippen molar-refractivity contribution in [1.29, 1.82) is 0 Å². The van der Waals surface area contributed by atoms with E-state index >= 15 is 0 Å². The van der Waals surface area contributed by atoms with Gasteiger partial charge in [-0.05, 0) is 43.2 Å². The number of rotatable bonds is 5. The van der Waals surface area contributed by atoms with Gasteiger partial charge in [-0.2, -0.15) is 4.31 Å². The molecule has 25 heavy (non-hydrogen) atoms. The first-order chi connectivity index (χ1) is 11.9. The van der Waals surface area contributed by atoms with E-state index in [0.717, 1.165) is 51.4 Å². The summed E-state index contributed by atoms with van der Waals surface area (Å²) in [7, 11) is -3.39. The number of nitrogens with zero attached hydrogens (tertiary/aromatic N) is 1. The number of amides is 1. The first kappa shape index (κ1) is 18.4. The average molecular weight is 365 g/mol. The molecular formula is C19H28N2O3S. The summed E-state index contributed by atoms with van der Waals surface area (Å²) in [6.07, 6.45) is 9.14. The van der Waals surface area contributed by atoms with Crippen LogP contribution in [0.3, 0.4) is 0 Å². The van der Waals surface area contributed by atoms with Gasteiger partial charge >= 0.3 is 0 Å². The third-order valence-corrected chi connectivity index (χ3v) is 6.69. The molecule has 3 rings (SSSR count). The zero-order chi connectivity index (χ0) is 17.9. The summed E-state index contributed by atoms with van der Waals surface area (Å²) in [5.41, 5.74) is 2.46. The number of fused-ring (bicyclic) bond motifs is 1. The monoisotopic (exact) mass is 364 g/mol. The number of sulfonamides is 1. The Morgan fingerprint density at radius 3 is 2.56 bits per heavy atom. The van der Waals surface area contributed by atoms with E-state index in [0.29, 0.717) is 0 Å². The quantitative estimate of drug-likeness (QED) is 0.874. The van der Waals surface area contributed by atoms with E-state index in [4.69, 9.17) is 0 Å². The van der Waals surface area contributed by atoms with Crippen molar-refractivity contribution in [2.45, 2.75) is 63.5 Å². The summed E-state index contributed by atoms with van der Waals surface area (Å²) in [5, 5.41) is 3.07. The van der Waals surface area contributed by atoms with Gasteiger partial charge in [0, 0.05) is 6.04 Å². The fourth-order valence-corrected chi connectivity index (χ4v) is 5.28. The molecule has 0 heterocycles. The number of benzene rings is 1. The van der Waals surface area contributed by atoms with E-state index in [1.54, 1.807) is 0 Å². The Hall–Kier alpha value is -1.40. The summed E-state index contributed by atoms with van der Waals surface area (Å²) >= 11 is 0. The number of hydrogen-bond acceptors (Lipinski definition) is 3. The first-order valence-electron chi connectivity index (χ1n) is 9.29. The molecule has 1 aromatic carbocycles. The van der Waals surface area contributed by atoms with Gasteiger partial charge in [-0.15, -0.1) is 0 Å². The molecule has 1 amide bonds. The number of carbonyl (C=O) groups excluding carboxylic acids is 1. The summed E-state index contributed by atoms with van der Waals surface area (Å²) in [5.74, 6) is -0.197. The SMILES string of the molecule is CS(=O)(=O)N(CC(=O)N[C@H]1CCCc2ccccc21)C1CCCCC1. The average Bonchev–Trinajstić information content (AvgIpc) is 2.60. The topological polar surface area (TPSA) is 66.5 Å². The van der Waals surface area contributed by atoms with Crippen molar-refractivity contribution in [3.05, 3.63) is 35.4 Å². The number of hydrogen-bond donors (Lipinski definition) is 1. The molecule has 0 unspecified atom stereocenters. The van der Waals surface area contributed by atoms with Gasteiger partial charge < -0.3 is 5.32 Å². The van der Waals surface area contributed by atoms with Crippen LogP contribution in [0.1, 0.15) is 62.1 Å². The highest BCUT2D eigenvalue weighted by Crippen LogP contribution is 2.29. The van der Waals surface area contributed by atoms with Crippen molar-refractivity contribution in [2.24, 2.45) is 0 Å². The van der Waals surface area contributed by atoms with Crippen molar-refractivity contribution in [3.63, 3.8) is 0 Å². The smallest absolute Gasteiger partial charge is 0.235 e. The van der Waals surface area contributed by atoms with E-state index in [9.17, 15) is 13.2 Å². The third-order valence-electron chi connectivity index (χ3n) is 5.41. The Morgan fingerprint density at radius 1 is 1.12 bits per heavy atom. The molecule has 1 atom stereocenters. The Balaban J connectivity index is 1.68. The number of nitrogens with one attached hydrogen (secondary N) is 1. The standard InChI is InChI=1S/C19H28N2O3S/c1-25(23,24)21(16-10-3-2-4-11-16)14-19(22)20-18-13-7-9-15-8-5-6-12-17(15)18/h5-6,8,12,16,18H,2-4,7,9-11,13-14H2,1H3,(H,20,22)/t18-/m0/s1. The molecule has 138 valence electrons. The van der Waals surface area contributed by atoms with E-state index in [1.807, 2.05) is 12.1 Å². The molecule has 0 aromatic heterocycles. The highest BCUT2D eigenvalue weighted by atomic mass is 32.2. The molecule has 1 saturated carbocycles. The first-order valence-corrected chi connectivity index (χ1v) is 11.1. The predicted octanol–water partition coefficient (Wildman–Crippen LogP) is 2.77. The van der Waals surface area contributed by atoms with Crippen LogP contribution in [0.25, 0.3) is 0 Å². The Labute approximate surface area is 150 Å². The van der Waals surface area contributed by atoms with Crippen molar-refractivity contribution in [2.75, 3.05) is 12.8 Å². The maximum Gasteiger partial charge on any atom is 0.235 e. The van der Waals surface area contributed by atoms with Crippen molar-refractivity contribution in [1.82, 2.24) is 9.62 Å². The van der Waals surface area contributed by atoms with Gasteiger partial charge in [0.25, 0.3) is 0 Å². The van der Waals surface area contributed by atoms with Crippen LogP contribution in [0.15, 0.2) is 24.3 Å². The normalized spacial score (nSPS) is 21.8. The lowest BCUT2D eigenvalue weighted by molar-refractivity contribution is -0.122. The van der Waals surface area contributed by atoms with Gasteiger partial charge in [-0.3, -0.25) is 4.79 Å². The van der Waals surface area contributed by atoms with Crippen molar-refractivity contribution in [3.8, 4) is 0 Å². The second-order valence-corrected chi connectivity index (χ2v) is 9.25. The van der Waals surface area contributed by atoms with Crippen LogP contribution in [-0.2, 0) is 21.2 Å². The Kier molecular flexibility index (Phi) is 5.79. The second-order valence-electron chi connectivity index (χ2n) is 7.31. The van der Waals surface area contributed by atoms with Crippen LogP contribution >= 0.6 is 0 Å². The van der Waals surface area contributed by atoms with Crippen LogP contribution in [0, 0.1) is 0 Å². The van der Waals surface area contributed by atoms with Crippen LogP contribution in [0.2, 0.25) is 0 Å². The minimum absolute atomic E-state index is 0.00906. The Bertz CT molecular complexity index is 711. The lowest BCUT2D eigenvalue weighted by Crippen LogP contribution is -2.47. The van der Waals surface area contributed by atoms with Gasteiger partial charge in [0.1, 0.15) is 0 Å². The maximum absolute atomic E-state index is 12.6. The van der Waals surface area contributed by atoms with Crippen LogP contribution in [0.4, 0.5) is 0 Å². The zero-order valence-corrected chi connectivity index (χ0v) is 15.7. The van der Waals surface area contributed by atoms with Crippen LogP contribution in [0.5, 0.6) is 0 Å². The van der Waals surface area contributed by atoms with Gasteiger partial charge in [0.2, 0.25) is 15.9 Å². The minimum atomic E-state index is -3.39. The molecule has 5 nitrogen and oxygen atoms in total. The van der Waals surface area contributed by atoms with Crippen LogP contribution < -0.4 is 5.32 Å². The molecule has 0 aliphatic heterocycles. The molecule has 0 radical (unpaired) electrons. The Morgan fingerprint density at radius 2 is 1.84 bits per heavy atom. The molecule has 1 N–H and O–H groups in total. The highest BCUT2D eigenvalue weighted by Gasteiger charge is 2.31. The summed E-state index contributed by atoms with van der Waals surface area (Å²) in [6.45, 7) is -0.0673. The van der Waals surface area contributed by atoms with E-state index < -0.39 is 10.0 Å². The minimum Gasteiger partial charge on any atom is -0.348 e. The maximum atomic E-state index is 12.6. The van der Waals surface area contributed by atoms with Crippen molar-refractivity contribution >= 4 is 15.9 Å². The van der Waals surface area contributed by atoms with E-state index in [2.05, 4.69) is 17.4 Å². The van der Waals surface area contributed by atoms with Gasteiger partial charge in [-0.1, -0.05) is 43.5 Å². The summed E-state index contributed by atoms with van der Waals surface area (Å²) in [4.78, 5) is 12.6. The molecule has 0 spiro atoms. The summed E-state index contributed by atoms with van der Waals surface area (Å²) in [6, 6.07) is 8.15. The van der Waals surface area contributed by atoms with Gasteiger partial charge in [0.15, 0.2) is 0 Å². The lowest BCUT2D eigenvalue weighted by atomic mass is 9.88. The molecular weight excluding hydrogens is 336 g/mol. The van der Waals surface area contributed by atoms with Gasteiger partial charge in [-0.25, -0.2) is 8.42 Å². The highest BCUT2D eigenvalue weighted by molar-refractivity contribution is 7.88. The van der Waals surface area contributed by atoms with Gasteiger partial charge in [0.05, 0.1) is 18.8 Å². The molecule has 6 heteroatoms. The number of carbonyl (C=O) groups is 1. The molecule has 1 aromatic rings. The second kappa shape index (κ2) is 7.87. The predicted molar refractivity (Wildman–Crippen MR) is 98.7 cm³/mol. The molecule has 2 aliphatic carbocycles. The molecule has 2 aliphatic rings. The fraction of sp³-hybridized carbons (Fsp3) is 0.632. The van der Waals surface area contributed by atoms with E-state index in [1.165, 1.54) is 21.7 Å². The third kappa shape index (κ3) is 4.61. The zero-order valence-electron chi connectivity index (χ0n) is 14.9. The van der Waals surface area contributed by atoms with Crippen LogP contribution in [-0.4, -0.2) is 37.5 Å².